The Labute approximate surface area is 268 Å². The lowest BCUT2D eigenvalue weighted by molar-refractivity contribution is -0.143. The number of halogens is 2. The number of esters is 1. The number of rotatable bonds is 6. The Morgan fingerprint density at radius 1 is 0.717 bits per heavy atom. The predicted molar refractivity (Wildman–Crippen MR) is 177 cm³/mol. The van der Waals surface area contributed by atoms with Gasteiger partial charge in [-0.3, -0.25) is 14.6 Å². The third kappa shape index (κ3) is 9.43. The molecule has 5 aromatic carbocycles. The fraction of sp³-hybridized carbons (Fsp3) is 0.132. The molecule has 8 heteroatoms. The number of carbonyl (C=O) groups is 2. The quantitative estimate of drug-likeness (QED) is 0.198. The van der Waals surface area contributed by atoms with Crippen LogP contribution >= 0.6 is 0 Å². The van der Waals surface area contributed by atoms with Crippen molar-refractivity contribution < 1.29 is 23.1 Å². The van der Waals surface area contributed by atoms with Crippen LogP contribution in [0.1, 0.15) is 28.4 Å². The van der Waals surface area contributed by atoms with E-state index in [1.54, 1.807) is 17.1 Å². The van der Waals surface area contributed by atoms with Crippen molar-refractivity contribution in [2.24, 2.45) is 11.0 Å². The van der Waals surface area contributed by atoms with Crippen molar-refractivity contribution in [3.63, 3.8) is 0 Å². The van der Waals surface area contributed by atoms with Crippen LogP contribution in [0.4, 0.5) is 14.5 Å². The molecule has 0 saturated carbocycles. The van der Waals surface area contributed by atoms with Crippen LogP contribution in [0.5, 0.6) is 0 Å². The van der Waals surface area contributed by atoms with E-state index in [1.165, 1.54) is 43.5 Å². The van der Waals surface area contributed by atoms with Gasteiger partial charge in [-0.05, 0) is 66.6 Å². The molecule has 0 aliphatic carbocycles. The zero-order chi connectivity index (χ0) is 32.7. The minimum atomic E-state index is -0.523. The van der Waals surface area contributed by atoms with Gasteiger partial charge in [0.05, 0.1) is 24.6 Å². The molecule has 0 aromatic heterocycles. The van der Waals surface area contributed by atoms with Crippen LogP contribution in [0.15, 0.2) is 151 Å². The number of ether oxygens (including phenoxy) is 1. The molecule has 0 spiro atoms. The minimum Gasteiger partial charge on any atom is -0.468 e. The minimum absolute atomic E-state index is 0.190. The number of hydrogen-bond donors (Lipinski definition) is 1. The molecule has 5 aromatic rings. The van der Waals surface area contributed by atoms with Gasteiger partial charge in [-0.1, -0.05) is 97.1 Å². The summed E-state index contributed by atoms with van der Waals surface area (Å²) in [6, 6.07) is 42.5. The number of benzene rings is 5. The highest BCUT2D eigenvalue weighted by Gasteiger charge is 2.41. The Bertz CT molecular complexity index is 1660. The first-order valence-electron chi connectivity index (χ1n) is 14.7. The standard InChI is InChI=1S/C18H17FN2O2.C14H12FNO.C6H6/c1-12-16(18(22)23-2)17(13-8-10-14(19)11-9-13)20-21(12)15-6-4-3-5-7-15;15-13-8-6-12(7-9-13)14(17)16-10-11-4-2-1-3-5-11;1-2-4-6-5-3-1/h3-12,16H,1-2H3;1-9H,10H2,(H,16,17);1-6H. The fourth-order valence-corrected chi connectivity index (χ4v) is 4.67. The third-order valence-corrected chi connectivity index (χ3v) is 7.06. The van der Waals surface area contributed by atoms with E-state index in [4.69, 9.17) is 4.74 Å². The van der Waals surface area contributed by atoms with Gasteiger partial charge < -0.3 is 10.1 Å². The van der Waals surface area contributed by atoms with E-state index in [-0.39, 0.29) is 29.6 Å². The molecule has 1 aliphatic rings. The van der Waals surface area contributed by atoms with Crippen molar-refractivity contribution in [3.05, 3.63) is 174 Å². The van der Waals surface area contributed by atoms with Gasteiger partial charge in [0.2, 0.25) is 0 Å². The van der Waals surface area contributed by atoms with Gasteiger partial charge in [-0.15, -0.1) is 0 Å². The molecule has 0 bridgehead atoms. The highest BCUT2D eigenvalue weighted by molar-refractivity contribution is 6.14. The molecule has 0 radical (unpaired) electrons. The average Bonchev–Trinajstić information content (AvgIpc) is 3.46. The number of carbonyl (C=O) groups excluding carboxylic acids is 2. The number of methoxy groups -OCH3 is 1. The van der Waals surface area contributed by atoms with Crippen LogP contribution < -0.4 is 10.3 Å². The fourth-order valence-electron chi connectivity index (χ4n) is 4.67. The molecule has 6 nitrogen and oxygen atoms in total. The van der Waals surface area contributed by atoms with Crippen LogP contribution in [0, 0.1) is 17.6 Å². The van der Waals surface area contributed by atoms with E-state index in [9.17, 15) is 18.4 Å². The molecule has 0 fully saturated rings. The Kier molecular flexibility index (Phi) is 12.3. The van der Waals surface area contributed by atoms with Crippen molar-refractivity contribution in [2.75, 3.05) is 12.1 Å². The second-order valence-corrected chi connectivity index (χ2v) is 10.2. The smallest absolute Gasteiger partial charge is 0.317 e. The second-order valence-electron chi connectivity index (χ2n) is 10.2. The highest BCUT2D eigenvalue weighted by atomic mass is 19.1. The molecule has 0 saturated heterocycles. The summed E-state index contributed by atoms with van der Waals surface area (Å²) in [5, 5.41) is 9.20. The summed E-state index contributed by atoms with van der Waals surface area (Å²) in [5.74, 6) is -1.74. The third-order valence-electron chi connectivity index (χ3n) is 7.06. The van der Waals surface area contributed by atoms with E-state index in [0.717, 1.165) is 11.3 Å². The SMILES string of the molecule is COC(=O)C1C(c2ccc(F)cc2)=NN(c2ccccc2)C1C.O=C(NCc1ccccc1)c1ccc(F)cc1.c1ccccc1. The van der Waals surface area contributed by atoms with Crippen LogP contribution in [-0.4, -0.2) is 30.7 Å². The molecule has 2 atom stereocenters. The maximum atomic E-state index is 13.2. The second kappa shape index (κ2) is 17.0. The van der Waals surface area contributed by atoms with E-state index in [2.05, 4.69) is 10.4 Å². The van der Waals surface area contributed by atoms with Gasteiger partial charge in [-0.2, -0.15) is 5.10 Å². The molecule has 6 rings (SSSR count). The topological polar surface area (TPSA) is 71.0 Å². The molecular weight excluding hydrogens is 584 g/mol. The first-order chi connectivity index (χ1) is 22.4. The van der Waals surface area contributed by atoms with Crippen molar-refractivity contribution in [1.29, 1.82) is 0 Å². The van der Waals surface area contributed by atoms with E-state index < -0.39 is 5.92 Å². The lowest BCUT2D eigenvalue weighted by Gasteiger charge is -2.23. The Balaban J connectivity index is 0.000000182. The molecular formula is C38H35F2N3O3. The summed E-state index contributed by atoms with van der Waals surface area (Å²) in [7, 11) is 1.36. The molecule has 46 heavy (non-hydrogen) atoms. The largest absolute Gasteiger partial charge is 0.468 e. The van der Waals surface area contributed by atoms with Crippen LogP contribution in [-0.2, 0) is 16.1 Å². The summed E-state index contributed by atoms with van der Waals surface area (Å²) in [6.45, 7) is 2.39. The van der Waals surface area contributed by atoms with Gasteiger partial charge in [-0.25, -0.2) is 8.78 Å². The maximum Gasteiger partial charge on any atom is 0.317 e. The lowest BCUT2D eigenvalue weighted by Crippen LogP contribution is -2.36. The number of nitrogens with one attached hydrogen (secondary N) is 1. The zero-order valence-electron chi connectivity index (χ0n) is 25.6. The van der Waals surface area contributed by atoms with Crippen molar-refractivity contribution >= 4 is 23.3 Å². The zero-order valence-corrected chi connectivity index (χ0v) is 25.6. The normalized spacial score (nSPS) is 14.9. The van der Waals surface area contributed by atoms with E-state index in [0.29, 0.717) is 23.4 Å². The van der Waals surface area contributed by atoms with Gasteiger partial charge >= 0.3 is 5.97 Å². The van der Waals surface area contributed by atoms with Gasteiger partial charge in [0.1, 0.15) is 17.6 Å². The molecule has 1 amide bonds. The summed E-state index contributed by atoms with van der Waals surface area (Å²) in [4.78, 5) is 23.9. The van der Waals surface area contributed by atoms with Crippen molar-refractivity contribution in [3.8, 4) is 0 Å². The van der Waals surface area contributed by atoms with E-state index in [1.807, 2.05) is 104 Å². The number of para-hydroxylation sites is 1. The van der Waals surface area contributed by atoms with Gasteiger partial charge in [0, 0.05) is 12.1 Å². The first-order valence-corrected chi connectivity index (χ1v) is 14.7. The van der Waals surface area contributed by atoms with Crippen molar-refractivity contribution in [2.45, 2.75) is 19.5 Å². The van der Waals surface area contributed by atoms with E-state index >= 15 is 0 Å². The number of amides is 1. The molecule has 234 valence electrons. The monoisotopic (exact) mass is 619 g/mol. The van der Waals surface area contributed by atoms with Crippen LogP contribution in [0.3, 0.4) is 0 Å². The van der Waals surface area contributed by atoms with Crippen LogP contribution in [0.25, 0.3) is 0 Å². The molecule has 1 aliphatic heterocycles. The summed E-state index contributed by atoms with van der Waals surface area (Å²) < 4.78 is 30.8. The van der Waals surface area contributed by atoms with Gasteiger partial charge in [0.25, 0.3) is 5.91 Å². The summed E-state index contributed by atoms with van der Waals surface area (Å²) in [6.07, 6.45) is 0. The average molecular weight is 620 g/mol. The number of hydrazone groups is 1. The number of hydrogen-bond acceptors (Lipinski definition) is 5. The summed E-state index contributed by atoms with van der Waals surface area (Å²) in [5.41, 5.74) is 3.69. The number of nitrogens with zero attached hydrogens (tertiary/aromatic N) is 2. The molecule has 2 unspecified atom stereocenters. The number of anilines is 1. The Hall–Kier alpha value is -5.63. The highest BCUT2D eigenvalue weighted by Crippen LogP contribution is 2.31. The molecule has 1 N–H and O–H groups in total. The summed E-state index contributed by atoms with van der Waals surface area (Å²) >= 11 is 0. The molecule has 1 heterocycles. The predicted octanol–water partition coefficient (Wildman–Crippen LogP) is 7.67. The van der Waals surface area contributed by atoms with Gasteiger partial charge in [0.15, 0.2) is 0 Å². The van der Waals surface area contributed by atoms with Crippen LogP contribution in [0.2, 0.25) is 0 Å². The first kappa shape index (κ1) is 33.3. The Morgan fingerprint density at radius 2 is 1.20 bits per heavy atom. The lowest BCUT2D eigenvalue weighted by atomic mass is 9.92. The Morgan fingerprint density at radius 3 is 1.72 bits per heavy atom. The van der Waals surface area contributed by atoms with Crippen molar-refractivity contribution in [1.82, 2.24) is 5.32 Å². The maximum absolute atomic E-state index is 13.2.